The first-order valence-corrected chi connectivity index (χ1v) is 5.93. The second kappa shape index (κ2) is 4.33. The second-order valence-electron chi connectivity index (χ2n) is 4.50. The van der Waals surface area contributed by atoms with E-state index in [0.717, 1.165) is 17.0 Å². The van der Waals surface area contributed by atoms with Crippen LogP contribution >= 0.6 is 0 Å². The van der Waals surface area contributed by atoms with Crippen molar-refractivity contribution in [2.75, 3.05) is 0 Å². The number of halogens is 3. The van der Waals surface area contributed by atoms with E-state index in [2.05, 4.69) is 15.0 Å². The van der Waals surface area contributed by atoms with E-state index in [1.54, 1.807) is 6.20 Å². The lowest BCUT2D eigenvalue weighted by atomic mass is 10.1. The number of rotatable bonds is 1. The van der Waals surface area contributed by atoms with E-state index in [4.69, 9.17) is 0 Å². The molecule has 20 heavy (non-hydrogen) atoms. The highest BCUT2D eigenvalue weighted by atomic mass is 19.4. The van der Waals surface area contributed by atoms with Crippen LogP contribution in [0.5, 0.6) is 0 Å². The van der Waals surface area contributed by atoms with E-state index in [0.29, 0.717) is 16.9 Å². The van der Waals surface area contributed by atoms with Crippen LogP contribution in [0.1, 0.15) is 11.3 Å². The molecular formula is C14H10F3N3. The van der Waals surface area contributed by atoms with Gasteiger partial charge in [-0.1, -0.05) is 0 Å². The van der Waals surface area contributed by atoms with Gasteiger partial charge in [0.15, 0.2) is 0 Å². The van der Waals surface area contributed by atoms with Crippen LogP contribution < -0.4 is 0 Å². The number of hydrogen-bond donors (Lipinski definition) is 1. The maximum absolute atomic E-state index is 12.5. The number of aryl methyl sites for hydroxylation is 1. The zero-order valence-corrected chi connectivity index (χ0v) is 10.5. The zero-order chi connectivity index (χ0) is 14.3. The van der Waals surface area contributed by atoms with Gasteiger partial charge in [0, 0.05) is 29.0 Å². The third-order valence-corrected chi connectivity index (χ3v) is 3.11. The lowest BCUT2D eigenvalue weighted by molar-refractivity contribution is -0.141. The lowest BCUT2D eigenvalue weighted by Crippen LogP contribution is -2.07. The highest BCUT2D eigenvalue weighted by Crippen LogP contribution is 2.29. The van der Waals surface area contributed by atoms with Gasteiger partial charge >= 0.3 is 6.18 Å². The number of H-pyrrole nitrogens is 1. The molecule has 0 atom stereocenters. The largest absolute Gasteiger partial charge is 0.433 e. The van der Waals surface area contributed by atoms with Crippen LogP contribution in [0, 0.1) is 6.92 Å². The smallest absolute Gasteiger partial charge is 0.339 e. The molecule has 3 heterocycles. The number of hydrogen-bond acceptors (Lipinski definition) is 2. The monoisotopic (exact) mass is 277 g/mol. The molecule has 0 spiro atoms. The minimum atomic E-state index is -4.42. The predicted molar refractivity (Wildman–Crippen MR) is 69.1 cm³/mol. The van der Waals surface area contributed by atoms with E-state index in [1.807, 2.05) is 19.1 Å². The molecule has 0 amide bonds. The third-order valence-electron chi connectivity index (χ3n) is 3.11. The summed E-state index contributed by atoms with van der Waals surface area (Å²) in [7, 11) is 0. The fourth-order valence-corrected chi connectivity index (χ4v) is 2.04. The van der Waals surface area contributed by atoms with E-state index >= 15 is 0 Å². The Morgan fingerprint density at radius 1 is 1.10 bits per heavy atom. The molecular weight excluding hydrogens is 267 g/mol. The number of pyridine rings is 2. The van der Waals surface area contributed by atoms with Crippen LogP contribution in [-0.4, -0.2) is 15.0 Å². The molecule has 0 saturated heterocycles. The van der Waals surface area contributed by atoms with Gasteiger partial charge in [-0.15, -0.1) is 0 Å². The first-order valence-electron chi connectivity index (χ1n) is 5.93. The van der Waals surface area contributed by atoms with E-state index in [1.165, 1.54) is 12.3 Å². The fraction of sp³-hybridized carbons (Fsp3) is 0.143. The minimum absolute atomic E-state index is 0.593. The van der Waals surface area contributed by atoms with Gasteiger partial charge in [-0.2, -0.15) is 13.2 Å². The van der Waals surface area contributed by atoms with Crippen molar-refractivity contribution in [1.29, 1.82) is 0 Å². The van der Waals surface area contributed by atoms with Gasteiger partial charge in [0.2, 0.25) is 0 Å². The lowest BCUT2D eigenvalue weighted by Gasteiger charge is -2.05. The van der Waals surface area contributed by atoms with Crippen molar-refractivity contribution in [1.82, 2.24) is 15.0 Å². The van der Waals surface area contributed by atoms with Gasteiger partial charge in [0.1, 0.15) is 11.3 Å². The number of fused-ring (bicyclic) bond motifs is 1. The van der Waals surface area contributed by atoms with Gasteiger partial charge in [-0.3, -0.25) is 4.98 Å². The Bertz CT molecular complexity index is 757. The van der Waals surface area contributed by atoms with Gasteiger partial charge in [0.25, 0.3) is 0 Å². The maximum atomic E-state index is 12.5. The van der Waals surface area contributed by atoms with Crippen molar-refractivity contribution in [2.45, 2.75) is 13.1 Å². The summed E-state index contributed by atoms with van der Waals surface area (Å²) in [6.07, 6.45) is -1.52. The highest BCUT2D eigenvalue weighted by Gasteiger charge is 2.32. The van der Waals surface area contributed by atoms with Crippen LogP contribution in [0.4, 0.5) is 13.2 Å². The molecule has 0 fully saturated rings. The predicted octanol–water partition coefficient (Wildman–Crippen LogP) is 3.95. The summed E-state index contributed by atoms with van der Waals surface area (Å²) < 4.78 is 37.4. The van der Waals surface area contributed by atoms with Gasteiger partial charge < -0.3 is 4.98 Å². The van der Waals surface area contributed by atoms with E-state index in [9.17, 15) is 13.2 Å². The molecule has 0 aliphatic carbocycles. The molecule has 3 nitrogen and oxygen atoms in total. The molecule has 3 aromatic rings. The number of aromatic nitrogens is 3. The van der Waals surface area contributed by atoms with Crippen LogP contribution in [-0.2, 0) is 6.18 Å². The van der Waals surface area contributed by atoms with Crippen LogP contribution in [0.25, 0.3) is 22.3 Å². The van der Waals surface area contributed by atoms with Crippen molar-refractivity contribution in [3.05, 3.63) is 47.9 Å². The first kappa shape index (κ1) is 12.7. The molecule has 0 saturated carbocycles. The minimum Gasteiger partial charge on any atom is -0.339 e. The Hall–Kier alpha value is -2.37. The summed E-state index contributed by atoms with van der Waals surface area (Å²) in [4.78, 5) is 10.7. The van der Waals surface area contributed by atoms with Crippen molar-refractivity contribution in [3.8, 4) is 11.3 Å². The number of nitrogens with one attached hydrogen (secondary N) is 1. The van der Waals surface area contributed by atoms with Crippen LogP contribution in [0.3, 0.4) is 0 Å². The van der Waals surface area contributed by atoms with E-state index < -0.39 is 11.9 Å². The fourth-order valence-electron chi connectivity index (χ4n) is 2.04. The van der Waals surface area contributed by atoms with Crippen molar-refractivity contribution >= 4 is 11.0 Å². The molecule has 3 aromatic heterocycles. The SMILES string of the molecule is Cc1ccnc2[nH]c(-c3ccc(C(F)(F)F)nc3)cc12. The zero-order valence-electron chi connectivity index (χ0n) is 10.5. The molecule has 6 heteroatoms. The Balaban J connectivity index is 2.05. The normalized spacial score (nSPS) is 12.0. The number of aromatic amines is 1. The van der Waals surface area contributed by atoms with Crippen LogP contribution in [0.2, 0.25) is 0 Å². The molecule has 0 aromatic carbocycles. The standard InChI is InChI=1S/C14H10F3N3/c1-8-4-5-18-13-10(8)6-11(20-13)9-2-3-12(19-7-9)14(15,16)17/h2-7H,1H3,(H,18,20). The Morgan fingerprint density at radius 2 is 1.90 bits per heavy atom. The van der Waals surface area contributed by atoms with E-state index in [-0.39, 0.29) is 0 Å². The third kappa shape index (κ3) is 2.13. The molecule has 3 rings (SSSR count). The molecule has 0 aliphatic heterocycles. The summed E-state index contributed by atoms with van der Waals surface area (Å²) in [5.41, 5.74) is 2.15. The van der Waals surface area contributed by atoms with Crippen molar-refractivity contribution in [2.24, 2.45) is 0 Å². The van der Waals surface area contributed by atoms with Crippen molar-refractivity contribution in [3.63, 3.8) is 0 Å². The molecule has 102 valence electrons. The summed E-state index contributed by atoms with van der Waals surface area (Å²) >= 11 is 0. The average Bonchev–Trinajstić information content (AvgIpc) is 2.83. The Morgan fingerprint density at radius 3 is 2.50 bits per heavy atom. The Labute approximate surface area is 112 Å². The quantitative estimate of drug-likeness (QED) is 0.731. The first-order chi connectivity index (χ1) is 9.45. The highest BCUT2D eigenvalue weighted by molar-refractivity contribution is 5.85. The molecule has 0 radical (unpaired) electrons. The number of alkyl halides is 3. The number of nitrogens with zero attached hydrogens (tertiary/aromatic N) is 2. The molecule has 0 bridgehead atoms. The topological polar surface area (TPSA) is 41.6 Å². The molecule has 1 N–H and O–H groups in total. The van der Waals surface area contributed by atoms with Crippen molar-refractivity contribution < 1.29 is 13.2 Å². The van der Waals surface area contributed by atoms with Gasteiger partial charge in [-0.05, 0) is 36.8 Å². The summed E-state index contributed by atoms with van der Waals surface area (Å²) in [6.45, 7) is 1.95. The average molecular weight is 277 g/mol. The molecule has 0 unspecified atom stereocenters. The Kier molecular flexibility index (Phi) is 2.74. The van der Waals surface area contributed by atoms with Gasteiger partial charge in [-0.25, -0.2) is 4.98 Å². The second-order valence-corrected chi connectivity index (χ2v) is 4.50. The summed E-state index contributed by atoms with van der Waals surface area (Å²) in [5, 5.41) is 0.947. The molecule has 0 aliphatic rings. The summed E-state index contributed by atoms with van der Waals surface area (Å²) in [5.74, 6) is 0. The van der Waals surface area contributed by atoms with Gasteiger partial charge in [0.05, 0.1) is 0 Å². The summed E-state index contributed by atoms with van der Waals surface area (Å²) in [6, 6.07) is 6.11. The van der Waals surface area contributed by atoms with Crippen LogP contribution in [0.15, 0.2) is 36.7 Å². The maximum Gasteiger partial charge on any atom is 0.433 e.